The Labute approximate surface area is 158 Å². The third kappa shape index (κ3) is 3.43. The predicted octanol–water partition coefficient (Wildman–Crippen LogP) is 4.39. The first-order chi connectivity index (χ1) is 13.1. The topological polar surface area (TPSA) is 49.4 Å². The van der Waals surface area contributed by atoms with Gasteiger partial charge in [0, 0.05) is 24.0 Å². The molecule has 1 heterocycles. The Morgan fingerprint density at radius 2 is 1.70 bits per heavy atom. The Bertz CT molecular complexity index is 979. The summed E-state index contributed by atoms with van der Waals surface area (Å²) < 4.78 is 0. The highest BCUT2D eigenvalue weighted by Gasteiger charge is 2.37. The van der Waals surface area contributed by atoms with Gasteiger partial charge in [0.2, 0.25) is 11.8 Å². The maximum Gasteiger partial charge on any atom is 0.229 e. The molecule has 4 nitrogen and oxygen atoms in total. The summed E-state index contributed by atoms with van der Waals surface area (Å²) >= 11 is 0. The van der Waals surface area contributed by atoms with E-state index in [2.05, 4.69) is 5.32 Å². The van der Waals surface area contributed by atoms with Gasteiger partial charge in [0.05, 0.1) is 12.0 Å². The number of fused-ring (bicyclic) bond motifs is 1. The van der Waals surface area contributed by atoms with E-state index in [0.29, 0.717) is 6.54 Å². The third-order valence-electron chi connectivity index (χ3n) is 5.33. The van der Waals surface area contributed by atoms with E-state index < -0.39 is 0 Å². The average Bonchev–Trinajstić information content (AvgIpc) is 3.10. The summed E-state index contributed by atoms with van der Waals surface area (Å²) in [5.41, 5.74) is 1.88. The van der Waals surface area contributed by atoms with Crippen LogP contribution in [-0.2, 0) is 9.59 Å². The molecule has 2 amide bonds. The zero-order valence-corrected chi connectivity index (χ0v) is 15.3. The number of benzene rings is 3. The Balaban J connectivity index is 1.49. The van der Waals surface area contributed by atoms with Gasteiger partial charge in [0.15, 0.2) is 0 Å². The molecule has 1 saturated heterocycles. The Morgan fingerprint density at radius 3 is 2.52 bits per heavy atom. The summed E-state index contributed by atoms with van der Waals surface area (Å²) in [6.45, 7) is 2.46. The van der Waals surface area contributed by atoms with Crippen molar-refractivity contribution in [1.82, 2.24) is 4.90 Å². The maximum absolute atomic E-state index is 12.8. The number of nitrogens with one attached hydrogen (secondary N) is 1. The summed E-state index contributed by atoms with van der Waals surface area (Å²) in [4.78, 5) is 27.1. The molecule has 0 saturated carbocycles. The molecule has 1 aliphatic heterocycles. The molecule has 0 bridgehead atoms. The van der Waals surface area contributed by atoms with Gasteiger partial charge in [0.25, 0.3) is 0 Å². The minimum atomic E-state index is -0.331. The number of carbonyl (C=O) groups excluding carboxylic acids is 2. The van der Waals surface area contributed by atoms with Crippen molar-refractivity contribution in [1.29, 1.82) is 0 Å². The molecule has 0 spiro atoms. The molecule has 4 heteroatoms. The van der Waals surface area contributed by atoms with Crippen LogP contribution in [0.5, 0.6) is 0 Å². The van der Waals surface area contributed by atoms with E-state index >= 15 is 0 Å². The number of hydrogen-bond donors (Lipinski definition) is 1. The Morgan fingerprint density at radius 1 is 1.00 bits per heavy atom. The standard InChI is InChI=1S/C23H22N2O2/c1-16(17-8-3-2-4-9-17)25-15-19(14-22(25)26)23(27)24-21-13-7-11-18-10-5-6-12-20(18)21/h2-13,16,19H,14-15H2,1H3,(H,24,27)/t16-,19+/m0/s1. The van der Waals surface area contributed by atoms with E-state index in [4.69, 9.17) is 0 Å². The first-order valence-electron chi connectivity index (χ1n) is 9.26. The number of hydrogen-bond acceptors (Lipinski definition) is 2. The van der Waals surface area contributed by atoms with Crippen LogP contribution >= 0.6 is 0 Å². The first-order valence-corrected chi connectivity index (χ1v) is 9.26. The quantitative estimate of drug-likeness (QED) is 0.752. The average molecular weight is 358 g/mol. The van der Waals surface area contributed by atoms with Crippen molar-refractivity contribution in [2.45, 2.75) is 19.4 Å². The van der Waals surface area contributed by atoms with Crippen molar-refractivity contribution in [2.75, 3.05) is 11.9 Å². The molecule has 1 N–H and O–H groups in total. The monoisotopic (exact) mass is 358 g/mol. The number of likely N-dealkylation sites (tertiary alicyclic amines) is 1. The number of anilines is 1. The number of carbonyl (C=O) groups is 2. The molecule has 136 valence electrons. The van der Waals surface area contributed by atoms with Crippen LogP contribution in [0.2, 0.25) is 0 Å². The smallest absolute Gasteiger partial charge is 0.229 e. The van der Waals surface area contributed by atoms with Crippen LogP contribution in [0.4, 0.5) is 5.69 Å². The van der Waals surface area contributed by atoms with Gasteiger partial charge in [-0.15, -0.1) is 0 Å². The maximum atomic E-state index is 12.8. The lowest BCUT2D eigenvalue weighted by Crippen LogP contribution is -2.30. The zero-order valence-electron chi connectivity index (χ0n) is 15.3. The lowest BCUT2D eigenvalue weighted by atomic mass is 10.1. The molecular weight excluding hydrogens is 336 g/mol. The normalized spacial score (nSPS) is 17.9. The largest absolute Gasteiger partial charge is 0.335 e. The fraction of sp³-hybridized carbons (Fsp3) is 0.217. The van der Waals surface area contributed by atoms with Crippen molar-refractivity contribution in [2.24, 2.45) is 5.92 Å². The minimum absolute atomic E-state index is 0.0319. The van der Waals surface area contributed by atoms with Gasteiger partial charge in [0.1, 0.15) is 0 Å². The highest BCUT2D eigenvalue weighted by Crippen LogP contribution is 2.30. The molecule has 0 radical (unpaired) electrons. The van der Waals surface area contributed by atoms with Crippen LogP contribution in [0.15, 0.2) is 72.8 Å². The minimum Gasteiger partial charge on any atom is -0.335 e. The van der Waals surface area contributed by atoms with Crippen molar-refractivity contribution in [3.8, 4) is 0 Å². The van der Waals surface area contributed by atoms with E-state index in [1.807, 2.05) is 84.6 Å². The molecule has 4 rings (SSSR count). The van der Waals surface area contributed by atoms with Crippen LogP contribution in [0.1, 0.15) is 24.9 Å². The second-order valence-corrected chi connectivity index (χ2v) is 7.05. The van der Waals surface area contributed by atoms with E-state index in [0.717, 1.165) is 22.0 Å². The van der Waals surface area contributed by atoms with Gasteiger partial charge in [-0.05, 0) is 23.9 Å². The summed E-state index contributed by atoms with van der Waals surface area (Å²) in [6.07, 6.45) is 0.258. The van der Waals surface area contributed by atoms with E-state index in [-0.39, 0.29) is 30.2 Å². The van der Waals surface area contributed by atoms with Gasteiger partial charge < -0.3 is 10.2 Å². The summed E-state index contributed by atoms with van der Waals surface area (Å²) in [6, 6.07) is 23.7. The summed E-state index contributed by atoms with van der Waals surface area (Å²) in [5, 5.41) is 5.12. The van der Waals surface area contributed by atoms with E-state index in [9.17, 15) is 9.59 Å². The second kappa shape index (κ2) is 7.23. The van der Waals surface area contributed by atoms with Crippen LogP contribution in [0.25, 0.3) is 10.8 Å². The van der Waals surface area contributed by atoms with Crippen molar-refractivity contribution in [3.63, 3.8) is 0 Å². The molecule has 2 atom stereocenters. The predicted molar refractivity (Wildman–Crippen MR) is 107 cm³/mol. The Hall–Kier alpha value is -3.14. The van der Waals surface area contributed by atoms with Gasteiger partial charge in [-0.1, -0.05) is 66.7 Å². The molecule has 3 aromatic carbocycles. The van der Waals surface area contributed by atoms with Crippen molar-refractivity contribution >= 4 is 28.3 Å². The SMILES string of the molecule is C[C@@H](c1ccccc1)N1C[C@H](C(=O)Nc2cccc3ccccc23)CC1=O. The zero-order chi connectivity index (χ0) is 18.8. The first kappa shape index (κ1) is 17.3. The van der Waals surface area contributed by atoms with Crippen LogP contribution < -0.4 is 5.32 Å². The van der Waals surface area contributed by atoms with E-state index in [1.165, 1.54) is 0 Å². The third-order valence-corrected chi connectivity index (χ3v) is 5.33. The van der Waals surface area contributed by atoms with Gasteiger partial charge in [-0.3, -0.25) is 9.59 Å². The van der Waals surface area contributed by atoms with Gasteiger partial charge in [-0.25, -0.2) is 0 Å². The highest BCUT2D eigenvalue weighted by molar-refractivity contribution is 6.04. The highest BCUT2D eigenvalue weighted by atomic mass is 16.2. The fourth-order valence-corrected chi connectivity index (χ4v) is 3.76. The van der Waals surface area contributed by atoms with Crippen LogP contribution in [0.3, 0.4) is 0 Å². The molecule has 0 unspecified atom stereocenters. The number of rotatable bonds is 4. The lowest BCUT2D eigenvalue weighted by molar-refractivity contribution is -0.129. The van der Waals surface area contributed by atoms with E-state index in [1.54, 1.807) is 0 Å². The molecule has 0 aliphatic carbocycles. The van der Waals surface area contributed by atoms with Gasteiger partial charge >= 0.3 is 0 Å². The van der Waals surface area contributed by atoms with Crippen LogP contribution in [0, 0.1) is 5.92 Å². The molecular formula is C23H22N2O2. The lowest BCUT2D eigenvalue weighted by Gasteiger charge is -2.25. The molecule has 3 aromatic rings. The van der Waals surface area contributed by atoms with Crippen LogP contribution in [-0.4, -0.2) is 23.3 Å². The molecule has 27 heavy (non-hydrogen) atoms. The summed E-state index contributed by atoms with van der Waals surface area (Å²) in [7, 11) is 0. The Kier molecular flexibility index (Phi) is 4.63. The van der Waals surface area contributed by atoms with Crippen molar-refractivity contribution < 1.29 is 9.59 Å². The summed E-state index contributed by atoms with van der Waals surface area (Å²) in [5.74, 6) is -0.394. The second-order valence-electron chi connectivity index (χ2n) is 7.05. The molecule has 1 aliphatic rings. The number of nitrogens with zero attached hydrogens (tertiary/aromatic N) is 1. The van der Waals surface area contributed by atoms with Gasteiger partial charge in [-0.2, -0.15) is 0 Å². The van der Waals surface area contributed by atoms with Crippen molar-refractivity contribution in [3.05, 3.63) is 78.4 Å². The fourth-order valence-electron chi connectivity index (χ4n) is 3.76. The molecule has 0 aromatic heterocycles. The number of amides is 2. The molecule has 1 fully saturated rings.